The van der Waals surface area contributed by atoms with Gasteiger partial charge in [0.2, 0.25) is 0 Å². The van der Waals surface area contributed by atoms with E-state index in [9.17, 15) is 4.79 Å². The maximum Gasteiger partial charge on any atom is 0.261 e. The van der Waals surface area contributed by atoms with Gasteiger partial charge in [-0.05, 0) is 24.3 Å². The standard InChI is InChI=1S/C17H12N4OS/c22-17-13-5-1-2-6-14(13)19-11-21(17)9-12-10-23-16(20-12)15-7-3-4-8-18-15/h1-8,10-11H,9H2. The molecule has 0 radical (unpaired) electrons. The van der Waals surface area contributed by atoms with Gasteiger partial charge in [-0.25, -0.2) is 9.97 Å². The van der Waals surface area contributed by atoms with Gasteiger partial charge in [0, 0.05) is 11.6 Å². The van der Waals surface area contributed by atoms with Gasteiger partial charge in [-0.3, -0.25) is 14.3 Å². The lowest BCUT2D eigenvalue weighted by molar-refractivity contribution is 0.734. The van der Waals surface area contributed by atoms with Gasteiger partial charge in [-0.15, -0.1) is 11.3 Å². The second kappa shape index (κ2) is 5.73. The normalized spacial score (nSPS) is 11.0. The predicted octanol–water partition coefficient (Wildman–Crippen LogP) is 2.96. The van der Waals surface area contributed by atoms with Crippen LogP contribution in [0, 0.1) is 0 Å². The second-order valence-corrected chi connectivity index (χ2v) is 5.91. The Morgan fingerprint density at radius 3 is 2.78 bits per heavy atom. The average Bonchev–Trinajstić information content (AvgIpc) is 3.07. The maximum atomic E-state index is 12.5. The second-order valence-electron chi connectivity index (χ2n) is 5.05. The van der Waals surface area contributed by atoms with E-state index in [0.29, 0.717) is 17.4 Å². The van der Waals surface area contributed by atoms with Gasteiger partial charge in [0.15, 0.2) is 0 Å². The number of aromatic nitrogens is 4. The van der Waals surface area contributed by atoms with Crippen molar-refractivity contribution >= 4 is 22.2 Å². The Bertz CT molecular complexity index is 1020. The van der Waals surface area contributed by atoms with Crippen molar-refractivity contribution in [3.8, 4) is 10.7 Å². The molecule has 3 aromatic heterocycles. The molecule has 0 aliphatic heterocycles. The Labute approximate surface area is 135 Å². The SMILES string of the molecule is O=c1c2ccccc2ncn1Cc1csc(-c2ccccn2)n1. The van der Waals surface area contributed by atoms with Crippen LogP contribution in [0.5, 0.6) is 0 Å². The molecule has 6 heteroatoms. The van der Waals surface area contributed by atoms with Crippen LogP contribution in [-0.4, -0.2) is 19.5 Å². The Morgan fingerprint density at radius 1 is 1.04 bits per heavy atom. The van der Waals surface area contributed by atoms with Crippen LogP contribution in [0.3, 0.4) is 0 Å². The summed E-state index contributed by atoms with van der Waals surface area (Å²) in [5, 5.41) is 3.42. The van der Waals surface area contributed by atoms with Gasteiger partial charge >= 0.3 is 0 Å². The molecule has 112 valence electrons. The van der Waals surface area contributed by atoms with Crippen molar-refractivity contribution in [2.45, 2.75) is 6.54 Å². The number of nitrogens with zero attached hydrogens (tertiary/aromatic N) is 4. The Kier molecular flexibility index (Phi) is 3.44. The smallest absolute Gasteiger partial charge is 0.261 e. The van der Waals surface area contributed by atoms with Crippen LogP contribution < -0.4 is 5.56 Å². The zero-order chi connectivity index (χ0) is 15.6. The van der Waals surface area contributed by atoms with Gasteiger partial charge in [0.1, 0.15) is 5.01 Å². The lowest BCUT2D eigenvalue weighted by Crippen LogP contribution is -2.21. The van der Waals surface area contributed by atoms with Crippen molar-refractivity contribution in [1.29, 1.82) is 0 Å². The van der Waals surface area contributed by atoms with Crippen molar-refractivity contribution in [2.75, 3.05) is 0 Å². The van der Waals surface area contributed by atoms with Crippen LogP contribution >= 0.6 is 11.3 Å². The molecular formula is C17H12N4OS. The summed E-state index contributed by atoms with van der Waals surface area (Å²) in [6.45, 7) is 0.403. The summed E-state index contributed by atoms with van der Waals surface area (Å²) in [5.74, 6) is 0. The van der Waals surface area contributed by atoms with Crippen molar-refractivity contribution in [1.82, 2.24) is 19.5 Å². The Morgan fingerprint density at radius 2 is 1.91 bits per heavy atom. The van der Waals surface area contributed by atoms with Crippen LogP contribution in [0.4, 0.5) is 0 Å². The number of thiazole rings is 1. The first-order valence-electron chi connectivity index (χ1n) is 7.11. The quantitative estimate of drug-likeness (QED) is 0.582. The third-order valence-electron chi connectivity index (χ3n) is 3.50. The molecule has 4 aromatic rings. The Hall–Kier alpha value is -2.86. The number of hydrogen-bond donors (Lipinski definition) is 0. The zero-order valence-electron chi connectivity index (χ0n) is 12.1. The van der Waals surface area contributed by atoms with E-state index in [0.717, 1.165) is 16.4 Å². The van der Waals surface area contributed by atoms with E-state index in [1.807, 2.05) is 41.8 Å². The highest BCUT2D eigenvalue weighted by Gasteiger charge is 2.08. The zero-order valence-corrected chi connectivity index (χ0v) is 12.9. The number of rotatable bonds is 3. The lowest BCUT2D eigenvalue weighted by Gasteiger charge is -2.04. The first kappa shape index (κ1) is 13.8. The minimum absolute atomic E-state index is 0.0528. The maximum absolute atomic E-state index is 12.5. The molecule has 0 aliphatic rings. The lowest BCUT2D eigenvalue weighted by atomic mass is 10.2. The summed E-state index contributed by atoms with van der Waals surface area (Å²) in [6, 6.07) is 13.1. The van der Waals surface area contributed by atoms with Gasteiger partial charge < -0.3 is 0 Å². The molecule has 5 nitrogen and oxygen atoms in total. The molecule has 0 aliphatic carbocycles. The predicted molar refractivity (Wildman–Crippen MR) is 90.5 cm³/mol. The number of benzene rings is 1. The fourth-order valence-electron chi connectivity index (χ4n) is 2.38. The molecule has 0 spiro atoms. The molecule has 4 rings (SSSR count). The van der Waals surface area contributed by atoms with Crippen molar-refractivity contribution < 1.29 is 0 Å². The highest BCUT2D eigenvalue weighted by Crippen LogP contribution is 2.21. The topological polar surface area (TPSA) is 60.7 Å². The van der Waals surface area contributed by atoms with Crippen LogP contribution in [-0.2, 0) is 6.54 Å². The molecule has 0 N–H and O–H groups in total. The molecule has 1 aromatic carbocycles. The van der Waals surface area contributed by atoms with E-state index in [1.165, 1.54) is 11.3 Å². The number of para-hydroxylation sites is 1. The minimum Gasteiger partial charge on any atom is -0.293 e. The molecule has 0 saturated carbocycles. The molecule has 0 atom stereocenters. The minimum atomic E-state index is -0.0528. The van der Waals surface area contributed by atoms with Crippen LogP contribution in [0.15, 0.2) is 65.2 Å². The first-order chi connectivity index (χ1) is 11.3. The van der Waals surface area contributed by atoms with Gasteiger partial charge in [0.25, 0.3) is 5.56 Å². The van der Waals surface area contributed by atoms with Gasteiger partial charge in [-0.1, -0.05) is 18.2 Å². The molecular weight excluding hydrogens is 308 g/mol. The third-order valence-corrected chi connectivity index (χ3v) is 4.41. The third kappa shape index (κ3) is 2.64. The van der Waals surface area contributed by atoms with E-state index >= 15 is 0 Å². The Balaban J connectivity index is 1.68. The van der Waals surface area contributed by atoms with E-state index in [4.69, 9.17) is 0 Å². The fourth-order valence-corrected chi connectivity index (χ4v) is 3.17. The van der Waals surface area contributed by atoms with E-state index < -0.39 is 0 Å². The number of pyridine rings is 1. The summed E-state index contributed by atoms with van der Waals surface area (Å²) >= 11 is 1.52. The van der Waals surface area contributed by atoms with Crippen molar-refractivity contribution in [3.63, 3.8) is 0 Å². The number of fused-ring (bicyclic) bond motifs is 1. The van der Waals surface area contributed by atoms with E-state index in [-0.39, 0.29) is 5.56 Å². The molecule has 0 saturated heterocycles. The molecule has 3 heterocycles. The van der Waals surface area contributed by atoms with Crippen LogP contribution in [0.2, 0.25) is 0 Å². The van der Waals surface area contributed by atoms with Gasteiger partial charge in [-0.2, -0.15) is 0 Å². The molecule has 0 unspecified atom stereocenters. The molecule has 23 heavy (non-hydrogen) atoms. The van der Waals surface area contributed by atoms with E-state index in [2.05, 4.69) is 15.0 Å². The van der Waals surface area contributed by atoms with Crippen molar-refractivity contribution in [2.24, 2.45) is 0 Å². The van der Waals surface area contributed by atoms with Crippen molar-refractivity contribution in [3.05, 3.63) is 76.4 Å². The summed E-state index contributed by atoms with van der Waals surface area (Å²) in [4.78, 5) is 25.7. The molecule has 0 fully saturated rings. The summed E-state index contributed by atoms with van der Waals surface area (Å²) in [6.07, 6.45) is 3.32. The largest absolute Gasteiger partial charge is 0.293 e. The average molecular weight is 320 g/mol. The van der Waals surface area contributed by atoms with E-state index in [1.54, 1.807) is 23.2 Å². The highest BCUT2D eigenvalue weighted by atomic mass is 32.1. The fraction of sp³-hybridized carbons (Fsp3) is 0.0588. The summed E-state index contributed by atoms with van der Waals surface area (Å²) in [7, 11) is 0. The molecule has 0 amide bonds. The highest BCUT2D eigenvalue weighted by molar-refractivity contribution is 7.13. The molecule has 0 bridgehead atoms. The number of hydrogen-bond acceptors (Lipinski definition) is 5. The van der Waals surface area contributed by atoms with Crippen LogP contribution in [0.25, 0.3) is 21.6 Å². The van der Waals surface area contributed by atoms with Crippen LogP contribution in [0.1, 0.15) is 5.69 Å². The first-order valence-corrected chi connectivity index (χ1v) is 7.99. The van der Waals surface area contributed by atoms with Gasteiger partial charge in [0.05, 0.1) is 35.2 Å². The summed E-state index contributed by atoms with van der Waals surface area (Å²) < 4.78 is 1.58. The monoisotopic (exact) mass is 320 g/mol. The summed E-state index contributed by atoms with van der Waals surface area (Å²) in [5.41, 5.74) is 2.33.